The van der Waals surface area contributed by atoms with Crippen molar-refractivity contribution in [2.24, 2.45) is 0 Å². The molecule has 0 saturated heterocycles. The summed E-state index contributed by atoms with van der Waals surface area (Å²) in [6, 6.07) is 7.58. The second-order valence-corrected chi connectivity index (χ2v) is 10.4. The Hall–Kier alpha value is -2.89. The maximum absolute atomic E-state index is 12.9. The molecule has 1 aromatic carbocycles. The largest absolute Gasteiger partial charge is 0.329 e. The van der Waals surface area contributed by atoms with Gasteiger partial charge in [0, 0.05) is 11.3 Å². The number of amides is 2. The topological polar surface area (TPSA) is 86.9 Å². The number of nitrogens with one attached hydrogen (secondary N) is 3. The van der Waals surface area contributed by atoms with Gasteiger partial charge in [0.15, 0.2) is 0 Å². The van der Waals surface area contributed by atoms with Crippen molar-refractivity contribution in [3.05, 3.63) is 63.6 Å². The number of carbonyl (C=O) groups excluding carboxylic acids is 1. The highest BCUT2D eigenvalue weighted by Gasteiger charge is 2.24. The second-order valence-electron chi connectivity index (χ2n) is 10.4. The molecule has 3 N–H and O–H groups in total. The van der Waals surface area contributed by atoms with Crippen LogP contribution in [-0.4, -0.2) is 16.0 Å². The number of rotatable bonds is 15. The predicted molar refractivity (Wildman–Crippen MR) is 151 cm³/mol. The summed E-state index contributed by atoms with van der Waals surface area (Å²) < 4.78 is 0. The fraction of sp³-hybridized carbons (Fsp3) is 0.567. The highest BCUT2D eigenvalue weighted by atomic mass is 16.2. The Morgan fingerprint density at radius 2 is 1.64 bits per heavy atom. The van der Waals surface area contributed by atoms with E-state index in [1.54, 1.807) is 0 Å². The average Bonchev–Trinajstić information content (AvgIpc) is 2.82. The first-order valence-corrected chi connectivity index (χ1v) is 13.7. The van der Waals surface area contributed by atoms with Gasteiger partial charge in [-0.1, -0.05) is 89.1 Å². The first kappa shape index (κ1) is 29.3. The van der Waals surface area contributed by atoms with E-state index < -0.39 is 11.6 Å². The summed E-state index contributed by atoms with van der Waals surface area (Å²) in [5, 5.41) is 5.78. The molecule has 36 heavy (non-hydrogen) atoms. The number of urea groups is 1. The molecule has 198 valence electrons. The van der Waals surface area contributed by atoms with Crippen molar-refractivity contribution in [3.8, 4) is 0 Å². The van der Waals surface area contributed by atoms with Gasteiger partial charge in [-0.05, 0) is 63.6 Å². The van der Waals surface area contributed by atoms with E-state index in [1.807, 2.05) is 45.0 Å². The van der Waals surface area contributed by atoms with Crippen LogP contribution in [0.3, 0.4) is 0 Å². The molecule has 0 unspecified atom stereocenters. The molecule has 0 bridgehead atoms. The van der Waals surface area contributed by atoms with E-state index in [4.69, 9.17) is 0 Å². The Labute approximate surface area is 217 Å². The summed E-state index contributed by atoms with van der Waals surface area (Å²) in [5.74, 6) is 0.199. The first-order valence-electron chi connectivity index (χ1n) is 13.7. The molecule has 6 heteroatoms. The minimum absolute atomic E-state index is 0.199. The highest BCUT2D eigenvalue weighted by Crippen LogP contribution is 2.23. The number of aromatic amines is 1. The Morgan fingerprint density at radius 3 is 2.31 bits per heavy atom. The standard InChI is InChI=1S/C30H46N4O2/c1-7-9-11-13-15-20-26-25(19-14-12-10-8-2)27(35)32-28(31-26)33-29(36)34-30(5,6)24-18-16-17-23(21-24)22(3)4/h16-18,21H,3,7-15,19-20H2,1-2,4-6H3,(H3,31,32,33,34,35,36). The average molecular weight is 495 g/mol. The molecule has 0 aliphatic rings. The number of benzene rings is 1. The van der Waals surface area contributed by atoms with Crippen molar-refractivity contribution < 1.29 is 4.79 Å². The van der Waals surface area contributed by atoms with E-state index in [2.05, 4.69) is 41.0 Å². The number of anilines is 1. The van der Waals surface area contributed by atoms with Gasteiger partial charge in [0.2, 0.25) is 5.95 Å². The highest BCUT2D eigenvalue weighted by molar-refractivity contribution is 5.88. The molecule has 0 fully saturated rings. The zero-order valence-corrected chi connectivity index (χ0v) is 23.1. The maximum Gasteiger partial charge on any atom is 0.322 e. The van der Waals surface area contributed by atoms with Crippen molar-refractivity contribution in [1.82, 2.24) is 15.3 Å². The minimum atomic E-state index is -0.628. The van der Waals surface area contributed by atoms with Gasteiger partial charge in [0.05, 0.1) is 5.54 Å². The Balaban J connectivity index is 2.15. The third-order valence-electron chi connectivity index (χ3n) is 6.65. The van der Waals surface area contributed by atoms with Crippen molar-refractivity contribution >= 4 is 17.6 Å². The lowest BCUT2D eigenvalue weighted by Gasteiger charge is -2.27. The van der Waals surface area contributed by atoms with E-state index in [1.165, 1.54) is 25.7 Å². The van der Waals surface area contributed by atoms with Gasteiger partial charge in [-0.15, -0.1) is 0 Å². The van der Waals surface area contributed by atoms with Crippen LogP contribution in [0.15, 0.2) is 35.6 Å². The molecule has 2 aromatic rings. The van der Waals surface area contributed by atoms with Crippen molar-refractivity contribution in [2.45, 2.75) is 111 Å². The van der Waals surface area contributed by atoms with Crippen LogP contribution >= 0.6 is 0 Å². The molecule has 0 atom stereocenters. The molecule has 0 aliphatic heterocycles. The van der Waals surface area contributed by atoms with Crippen LogP contribution in [0.25, 0.3) is 5.57 Å². The number of carbonyl (C=O) groups is 1. The molecule has 0 spiro atoms. The smallest absolute Gasteiger partial charge is 0.322 e. The van der Waals surface area contributed by atoms with Crippen LogP contribution < -0.4 is 16.2 Å². The van der Waals surface area contributed by atoms with Crippen molar-refractivity contribution in [3.63, 3.8) is 0 Å². The van der Waals surface area contributed by atoms with Crippen LogP contribution in [0.1, 0.15) is 115 Å². The number of aryl methyl sites for hydroxylation is 1. The summed E-state index contributed by atoms with van der Waals surface area (Å²) in [7, 11) is 0. The summed E-state index contributed by atoms with van der Waals surface area (Å²) in [6.07, 6.45) is 11.7. The van der Waals surface area contributed by atoms with Gasteiger partial charge < -0.3 is 10.3 Å². The summed E-state index contributed by atoms with van der Waals surface area (Å²) in [4.78, 5) is 33.3. The first-order chi connectivity index (χ1) is 17.2. The lowest BCUT2D eigenvalue weighted by atomic mass is 9.92. The van der Waals surface area contributed by atoms with E-state index >= 15 is 0 Å². The molecular weight excluding hydrogens is 448 g/mol. The van der Waals surface area contributed by atoms with Gasteiger partial charge in [0.25, 0.3) is 5.56 Å². The number of hydrogen-bond donors (Lipinski definition) is 3. The molecular formula is C30H46N4O2. The van der Waals surface area contributed by atoms with Crippen LogP contribution in [0.5, 0.6) is 0 Å². The Kier molecular flexibility index (Phi) is 11.9. The third kappa shape index (κ3) is 9.29. The number of hydrogen-bond acceptors (Lipinski definition) is 3. The van der Waals surface area contributed by atoms with Crippen LogP contribution in [-0.2, 0) is 18.4 Å². The molecule has 2 rings (SSSR count). The van der Waals surface area contributed by atoms with E-state index in [0.717, 1.165) is 72.9 Å². The van der Waals surface area contributed by atoms with Crippen molar-refractivity contribution in [2.75, 3.05) is 5.32 Å². The quantitative estimate of drug-likeness (QED) is 0.224. The fourth-order valence-electron chi connectivity index (χ4n) is 4.38. The molecule has 2 amide bonds. The van der Waals surface area contributed by atoms with E-state index in [-0.39, 0.29) is 11.5 Å². The van der Waals surface area contributed by atoms with Crippen LogP contribution in [0.2, 0.25) is 0 Å². The van der Waals surface area contributed by atoms with E-state index in [0.29, 0.717) is 0 Å². The predicted octanol–water partition coefficient (Wildman–Crippen LogP) is 7.50. The molecule has 0 aliphatic carbocycles. The molecule has 0 saturated carbocycles. The van der Waals surface area contributed by atoms with Gasteiger partial charge in [-0.2, -0.15) is 4.98 Å². The molecule has 1 aromatic heterocycles. The number of aromatic nitrogens is 2. The number of nitrogens with zero attached hydrogens (tertiary/aromatic N) is 1. The Morgan fingerprint density at radius 1 is 1.00 bits per heavy atom. The Bertz CT molecular complexity index is 1060. The van der Waals surface area contributed by atoms with Crippen molar-refractivity contribution in [1.29, 1.82) is 0 Å². The monoisotopic (exact) mass is 494 g/mol. The van der Waals surface area contributed by atoms with Gasteiger partial charge in [-0.3, -0.25) is 10.1 Å². The molecule has 1 heterocycles. The van der Waals surface area contributed by atoms with E-state index in [9.17, 15) is 9.59 Å². The van der Waals surface area contributed by atoms with Gasteiger partial charge >= 0.3 is 6.03 Å². The summed E-state index contributed by atoms with van der Waals surface area (Å²) in [5.41, 5.74) is 3.78. The number of H-pyrrole nitrogens is 1. The lowest BCUT2D eigenvalue weighted by Crippen LogP contribution is -2.43. The van der Waals surface area contributed by atoms with Gasteiger partial charge in [-0.25, -0.2) is 4.79 Å². The summed E-state index contributed by atoms with van der Waals surface area (Å²) in [6.45, 7) is 14.2. The molecule has 6 nitrogen and oxygen atoms in total. The normalized spacial score (nSPS) is 11.4. The van der Waals surface area contributed by atoms with Crippen LogP contribution in [0, 0.1) is 0 Å². The van der Waals surface area contributed by atoms with Crippen LogP contribution in [0.4, 0.5) is 10.7 Å². The van der Waals surface area contributed by atoms with Gasteiger partial charge in [0.1, 0.15) is 0 Å². The molecule has 0 radical (unpaired) electrons. The minimum Gasteiger partial charge on any atom is -0.329 e. The second kappa shape index (κ2) is 14.6. The zero-order valence-electron chi connectivity index (χ0n) is 23.1. The lowest BCUT2D eigenvalue weighted by molar-refractivity contribution is 0.241. The third-order valence-corrected chi connectivity index (χ3v) is 6.65. The number of unbranched alkanes of at least 4 members (excludes halogenated alkanes) is 7. The fourth-order valence-corrected chi connectivity index (χ4v) is 4.38. The summed E-state index contributed by atoms with van der Waals surface area (Å²) >= 11 is 0. The number of allylic oxidation sites excluding steroid dienone is 1. The zero-order chi connectivity index (χ0) is 26.6. The maximum atomic E-state index is 12.9. The SMILES string of the molecule is C=C(C)c1cccc(C(C)(C)NC(=O)Nc2nc(=O)c(CCCCCC)c(CCCCCCC)[nH]2)c1.